The predicted octanol–water partition coefficient (Wildman–Crippen LogP) is 3.09. The molecular weight excluding hydrogens is 482 g/mol. The van der Waals surface area contributed by atoms with E-state index >= 15 is 0 Å². The predicted molar refractivity (Wildman–Crippen MR) is 147 cm³/mol. The number of fused-ring (bicyclic) bond motifs is 1. The van der Waals surface area contributed by atoms with Crippen LogP contribution in [0.3, 0.4) is 0 Å². The van der Waals surface area contributed by atoms with E-state index in [2.05, 4.69) is 23.4 Å². The van der Waals surface area contributed by atoms with Crippen LogP contribution < -0.4 is 5.32 Å². The minimum absolute atomic E-state index is 0.00642. The number of carbonyl (C=O) groups excluding carboxylic acids is 3. The van der Waals surface area contributed by atoms with Crippen LogP contribution in [0.4, 0.5) is 0 Å². The van der Waals surface area contributed by atoms with Gasteiger partial charge in [0.15, 0.2) is 0 Å². The summed E-state index contributed by atoms with van der Waals surface area (Å²) in [7, 11) is 1.95. The van der Waals surface area contributed by atoms with E-state index in [1.165, 1.54) is 10.6 Å². The van der Waals surface area contributed by atoms with Gasteiger partial charge in [0.2, 0.25) is 18.2 Å². The number of hydrazine groups is 1. The number of nitrogens with one attached hydrogen (secondary N) is 1. The van der Waals surface area contributed by atoms with Gasteiger partial charge >= 0.3 is 0 Å². The average Bonchev–Trinajstić information content (AvgIpc) is 3.45. The lowest BCUT2D eigenvalue weighted by Crippen LogP contribution is -2.74. The Hall–Kier alpha value is -3.61. The lowest BCUT2D eigenvalue weighted by atomic mass is 10.0. The summed E-state index contributed by atoms with van der Waals surface area (Å²) >= 11 is 0. The molecule has 2 fully saturated rings. The van der Waals surface area contributed by atoms with Crippen molar-refractivity contribution in [3.05, 3.63) is 60.1 Å². The van der Waals surface area contributed by atoms with Gasteiger partial charge in [-0.05, 0) is 31.2 Å². The van der Waals surface area contributed by atoms with E-state index < -0.39 is 12.2 Å². The second-order valence-electron chi connectivity index (χ2n) is 8.77. The normalized spacial score (nSPS) is 19.0. The molecular formula is C29H41N5O4. The Kier molecular flexibility index (Phi) is 13.1. The summed E-state index contributed by atoms with van der Waals surface area (Å²) < 4.78 is 5.38. The minimum atomic E-state index is -0.582. The Morgan fingerprint density at radius 1 is 1.16 bits per heavy atom. The van der Waals surface area contributed by atoms with Gasteiger partial charge in [-0.3, -0.25) is 19.4 Å². The zero-order valence-corrected chi connectivity index (χ0v) is 23.0. The summed E-state index contributed by atoms with van der Waals surface area (Å²) in [5.41, 5.74) is 1.33. The minimum Gasteiger partial charge on any atom is -0.467 e. The molecule has 3 amide bonds. The molecule has 9 nitrogen and oxygen atoms in total. The maximum absolute atomic E-state index is 13.1. The van der Waals surface area contributed by atoms with Crippen LogP contribution in [0.5, 0.6) is 0 Å². The monoisotopic (exact) mass is 523 g/mol. The molecule has 0 saturated carbocycles. The number of hydrogen-bond donors (Lipinski definition) is 1. The first-order chi connectivity index (χ1) is 18.5. The molecule has 9 heteroatoms. The van der Waals surface area contributed by atoms with Crippen LogP contribution in [0.25, 0.3) is 0 Å². The fraction of sp³-hybridized carbons (Fsp3) is 0.483. The van der Waals surface area contributed by atoms with E-state index in [-0.39, 0.29) is 31.4 Å². The lowest BCUT2D eigenvalue weighted by Gasteiger charge is -2.54. The van der Waals surface area contributed by atoms with E-state index in [0.717, 1.165) is 19.4 Å². The molecule has 2 aromatic rings. The van der Waals surface area contributed by atoms with Crippen LogP contribution in [0.2, 0.25) is 0 Å². The number of carbonyl (C=O) groups is 3. The summed E-state index contributed by atoms with van der Waals surface area (Å²) in [5.74, 6) is 2.85. The van der Waals surface area contributed by atoms with E-state index in [1.807, 2.05) is 46.0 Å². The van der Waals surface area contributed by atoms with Crippen molar-refractivity contribution < 1.29 is 18.8 Å². The number of hydrogen-bond acceptors (Lipinski definition) is 6. The van der Waals surface area contributed by atoms with Gasteiger partial charge in [-0.15, -0.1) is 6.42 Å². The number of furan rings is 1. The van der Waals surface area contributed by atoms with Gasteiger partial charge in [0.1, 0.15) is 18.0 Å². The van der Waals surface area contributed by atoms with Crippen molar-refractivity contribution in [3.8, 4) is 12.3 Å². The van der Waals surface area contributed by atoms with Crippen LogP contribution in [0.1, 0.15) is 51.4 Å². The largest absolute Gasteiger partial charge is 0.467 e. The molecule has 4 rings (SSSR count). The quantitative estimate of drug-likeness (QED) is 0.401. The molecule has 1 N–H and O–H groups in total. The number of benzene rings is 1. The standard InChI is InChI=1S/C19H24N4O4.C8H11N.C2H6/c1-3-5-8-16-19(26)20(11-15-7-6-10-27-15)12-17-22(14-24)21(9-4-2)13-18(25)23(16)17;1-9-7-8-5-3-2-4-6-8;1-2/h2,6-7,10,14,16-17H,3,5,8-9,11-13H2,1H3;2-6,9H,7H2,1H3;1-2H3/t16-,17?;;/m0../s1. The van der Waals surface area contributed by atoms with Crippen LogP contribution in [0, 0.1) is 12.3 Å². The Bertz CT molecular complexity index is 1020. The molecule has 2 saturated heterocycles. The summed E-state index contributed by atoms with van der Waals surface area (Å²) in [4.78, 5) is 40.9. The Morgan fingerprint density at radius 3 is 2.47 bits per heavy atom. The van der Waals surface area contributed by atoms with Crippen molar-refractivity contribution in [2.45, 2.75) is 65.3 Å². The molecule has 1 aromatic heterocycles. The smallest absolute Gasteiger partial charge is 0.246 e. The molecule has 206 valence electrons. The van der Waals surface area contributed by atoms with Crippen molar-refractivity contribution in [2.75, 3.05) is 26.7 Å². The third-order valence-corrected chi connectivity index (χ3v) is 6.24. The highest BCUT2D eigenvalue weighted by atomic mass is 16.3. The van der Waals surface area contributed by atoms with E-state index in [9.17, 15) is 14.4 Å². The summed E-state index contributed by atoms with van der Waals surface area (Å²) in [6, 6.07) is 13.3. The van der Waals surface area contributed by atoms with Gasteiger partial charge in [-0.25, -0.2) is 0 Å². The molecule has 0 bridgehead atoms. The van der Waals surface area contributed by atoms with Crippen molar-refractivity contribution in [3.63, 3.8) is 0 Å². The van der Waals surface area contributed by atoms with Crippen molar-refractivity contribution in [1.29, 1.82) is 0 Å². The number of unbranched alkanes of at least 4 members (excludes halogenated alkanes) is 1. The molecule has 0 aliphatic carbocycles. The highest BCUT2D eigenvalue weighted by Gasteiger charge is 2.49. The van der Waals surface area contributed by atoms with E-state index in [4.69, 9.17) is 10.8 Å². The molecule has 1 aromatic carbocycles. The van der Waals surface area contributed by atoms with Gasteiger partial charge in [0.25, 0.3) is 0 Å². The van der Waals surface area contributed by atoms with Crippen molar-refractivity contribution in [2.24, 2.45) is 0 Å². The second kappa shape index (κ2) is 16.3. The maximum atomic E-state index is 13.1. The fourth-order valence-electron chi connectivity index (χ4n) is 4.54. The van der Waals surface area contributed by atoms with Crippen LogP contribution in [0.15, 0.2) is 53.1 Å². The molecule has 38 heavy (non-hydrogen) atoms. The van der Waals surface area contributed by atoms with Crippen LogP contribution >= 0.6 is 0 Å². The topological polar surface area (TPSA) is 89.3 Å². The second-order valence-corrected chi connectivity index (χ2v) is 8.77. The number of terminal acetylenes is 1. The Labute approximate surface area is 226 Å². The fourth-order valence-corrected chi connectivity index (χ4v) is 4.54. The third-order valence-electron chi connectivity index (χ3n) is 6.24. The molecule has 2 aliphatic rings. The number of rotatable bonds is 9. The van der Waals surface area contributed by atoms with Crippen LogP contribution in [-0.2, 0) is 27.5 Å². The van der Waals surface area contributed by atoms with Crippen molar-refractivity contribution >= 4 is 18.2 Å². The van der Waals surface area contributed by atoms with Gasteiger partial charge in [-0.1, -0.05) is 69.9 Å². The summed E-state index contributed by atoms with van der Waals surface area (Å²) in [5, 5.41) is 6.08. The maximum Gasteiger partial charge on any atom is 0.246 e. The zero-order valence-electron chi connectivity index (χ0n) is 23.0. The van der Waals surface area contributed by atoms with E-state index in [0.29, 0.717) is 25.1 Å². The number of amides is 3. The Balaban J connectivity index is 0.000000387. The van der Waals surface area contributed by atoms with E-state index in [1.54, 1.807) is 33.2 Å². The Morgan fingerprint density at radius 2 is 1.89 bits per heavy atom. The van der Waals surface area contributed by atoms with Gasteiger partial charge < -0.3 is 19.5 Å². The highest BCUT2D eigenvalue weighted by molar-refractivity contribution is 5.90. The van der Waals surface area contributed by atoms with Gasteiger partial charge in [-0.2, -0.15) is 5.01 Å². The zero-order chi connectivity index (χ0) is 27.9. The van der Waals surface area contributed by atoms with Crippen LogP contribution in [-0.4, -0.2) is 76.9 Å². The van der Waals surface area contributed by atoms with Gasteiger partial charge in [0, 0.05) is 6.54 Å². The molecule has 0 radical (unpaired) electrons. The molecule has 1 unspecified atom stereocenters. The van der Waals surface area contributed by atoms with Gasteiger partial charge in [0.05, 0.1) is 32.4 Å². The molecule has 0 spiro atoms. The number of piperazine rings is 1. The first-order valence-corrected chi connectivity index (χ1v) is 13.3. The van der Waals surface area contributed by atoms with Crippen molar-refractivity contribution in [1.82, 2.24) is 25.1 Å². The lowest BCUT2D eigenvalue weighted by molar-refractivity contribution is -0.199. The third kappa shape index (κ3) is 7.94. The number of nitrogens with zero attached hydrogens (tertiary/aromatic N) is 4. The highest BCUT2D eigenvalue weighted by Crippen LogP contribution is 2.28. The average molecular weight is 524 g/mol. The first-order valence-electron chi connectivity index (χ1n) is 13.3. The molecule has 3 heterocycles. The SMILES string of the molecule is C#CCN1CC(=O)N2C(CN(Cc3ccco3)C(=O)[C@@H]2CCCC)N1C=O.CC.CNCc1ccccc1. The molecule has 2 atom stereocenters. The molecule has 2 aliphatic heterocycles. The first kappa shape index (κ1) is 30.6. The summed E-state index contributed by atoms with van der Waals surface area (Å²) in [6.07, 6.45) is 9.35. The summed E-state index contributed by atoms with van der Waals surface area (Å²) in [6.45, 7) is 7.66.